The zero-order valence-corrected chi connectivity index (χ0v) is 29.5. The molecule has 17 nitrogen and oxygen atoms in total. The summed E-state index contributed by atoms with van der Waals surface area (Å²) in [6.07, 6.45) is 9.16. The van der Waals surface area contributed by atoms with E-state index in [4.69, 9.17) is 43.8 Å². The number of urea groups is 1. The van der Waals surface area contributed by atoms with Crippen LogP contribution in [0.25, 0.3) is 5.69 Å². The number of aryl methyl sites for hydroxylation is 1. The second-order valence-electron chi connectivity index (χ2n) is 10.3. The number of halogens is 2. The Hall–Kier alpha value is -5.38. The number of amides is 3. The quantitative estimate of drug-likeness (QED) is 0.238. The molecule has 0 aliphatic carbocycles. The molecule has 3 aromatic heterocycles. The summed E-state index contributed by atoms with van der Waals surface area (Å²) < 4.78 is 45.0. The van der Waals surface area contributed by atoms with Gasteiger partial charge in [0, 0.05) is 39.3 Å². The van der Waals surface area contributed by atoms with E-state index >= 15 is 0 Å². The van der Waals surface area contributed by atoms with Crippen LogP contribution in [0, 0.1) is 12.3 Å². The third kappa shape index (κ3) is 8.80. The maximum absolute atomic E-state index is 12.5. The number of terminal acetylenes is 1. The van der Waals surface area contributed by atoms with Crippen LogP contribution in [0.4, 0.5) is 10.7 Å². The molecule has 0 bridgehead atoms. The number of aromatic nitrogens is 6. The van der Waals surface area contributed by atoms with Gasteiger partial charge in [-0.15, -0.1) is 11.5 Å². The van der Waals surface area contributed by atoms with E-state index in [0.29, 0.717) is 28.0 Å². The van der Waals surface area contributed by atoms with Crippen molar-refractivity contribution in [1.29, 1.82) is 0 Å². The standard InChI is InChI=1S/C15H13Cl2N3O2.C15H18N6O6S/c1-2-7-22-13-9-12(10(16)8-11(13)17)20-15(21)19-6-4-3-5-14(19)18-20;1-21(2)13(22)9-6-5-7-16-12(9)28(24,25)20-15(23)19-14-17-10(26-3)8-11(18-14)27-4/h1,8-9H,3-7H2;5-8H,1-4H3,(H2,17,18,19,20,23). The van der Waals surface area contributed by atoms with Crippen LogP contribution in [0.2, 0.25) is 10.0 Å². The van der Waals surface area contributed by atoms with Gasteiger partial charge in [0.1, 0.15) is 18.2 Å². The predicted octanol–water partition coefficient (Wildman–Crippen LogP) is 2.79. The lowest BCUT2D eigenvalue weighted by Crippen LogP contribution is -2.36. The van der Waals surface area contributed by atoms with Gasteiger partial charge in [-0.3, -0.25) is 14.7 Å². The van der Waals surface area contributed by atoms with Gasteiger partial charge in [0.25, 0.3) is 15.9 Å². The second kappa shape index (κ2) is 16.3. The lowest BCUT2D eigenvalue weighted by molar-refractivity contribution is 0.0823. The van der Waals surface area contributed by atoms with Crippen LogP contribution in [0.15, 0.2) is 46.3 Å². The van der Waals surface area contributed by atoms with Gasteiger partial charge in [0.15, 0.2) is 5.03 Å². The Bertz CT molecular complexity index is 2090. The number of fused-ring (bicyclic) bond motifs is 1. The molecule has 20 heteroatoms. The molecule has 264 valence electrons. The molecule has 0 radical (unpaired) electrons. The minimum atomic E-state index is -4.46. The molecule has 0 fully saturated rings. The van der Waals surface area contributed by atoms with Gasteiger partial charge in [-0.2, -0.15) is 23.1 Å². The van der Waals surface area contributed by atoms with Crippen molar-refractivity contribution < 1.29 is 32.2 Å². The monoisotopic (exact) mass is 747 g/mol. The Morgan fingerprint density at radius 2 is 1.78 bits per heavy atom. The molecular weight excluding hydrogens is 717 g/mol. The number of sulfonamides is 1. The number of methoxy groups -OCH3 is 2. The Morgan fingerprint density at radius 3 is 2.40 bits per heavy atom. The molecule has 2 N–H and O–H groups in total. The number of ether oxygens (including phenoxy) is 3. The van der Waals surface area contributed by atoms with Crippen LogP contribution >= 0.6 is 23.2 Å². The normalized spacial score (nSPS) is 11.9. The highest BCUT2D eigenvalue weighted by Gasteiger charge is 2.27. The Labute approximate surface area is 296 Å². The van der Waals surface area contributed by atoms with Gasteiger partial charge < -0.3 is 19.1 Å². The van der Waals surface area contributed by atoms with E-state index in [9.17, 15) is 22.8 Å². The minimum absolute atomic E-state index is 0.0788. The maximum atomic E-state index is 12.5. The summed E-state index contributed by atoms with van der Waals surface area (Å²) in [4.78, 5) is 49.4. The molecule has 4 heterocycles. The Morgan fingerprint density at radius 1 is 1.08 bits per heavy atom. The summed E-state index contributed by atoms with van der Waals surface area (Å²) in [5, 5.41) is 6.60. The number of anilines is 1. The van der Waals surface area contributed by atoms with Crippen LogP contribution in [0.5, 0.6) is 17.5 Å². The number of benzene rings is 1. The molecule has 4 aromatic rings. The first-order valence-corrected chi connectivity index (χ1v) is 16.8. The first kappa shape index (κ1) is 37.4. The number of hydrogen-bond acceptors (Lipinski definition) is 12. The van der Waals surface area contributed by atoms with Crippen molar-refractivity contribution >= 4 is 51.1 Å². The third-order valence-electron chi connectivity index (χ3n) is 6.72. The number of nitrogens with zero attached hydrogens (tertiary/aromatic N) is 7. The molecule has 3 amide bonds. The van der Waals surface area contributed by atoms with Crippen LogP contribution in [-0.2, 0) is 23.0 Å². The van der Waals surface area contributed by atoms with Crippen LogP contribution < -0.4 is 29.9 Å². The van der Waals surface area contributed by atoms with Crippen molar-refractivity contribution in [3.63, 3.8) is 0 Å². The topological polar surface area (TPSA) is 202 Å². The second-order valence-corrected chi connectivity index (χ2v) is 12.7. The lowest BCUT2D eigenvalue weighted by atomic mass is 10.2. The van der Waals surface area contributed by atoms with Gasteiger partial charge in [-0.05, 0) is 31.0 Å². The lowest BCUT2D eigenvalue weighted by Gasteiger charge is -2.14. The zero-order chi connectivity index (χ0) is 36.6. The number of pyridine rings is 1. The fraction of sp³-hybridized carbons (Fsp3) is 0.300. The minimum Gasteiger partial charge on any atom is -0.481 e. The van der Waals surface area contributed by atoms with Gasteiger partial charge >= 0.3 is 11.7 Å². The van der Waals surface area contributed by atoms with E-state index in [0.717, 1.165) is 25.1 Å². The van der Waals surface area contributed by atoms with E-state index in [1.54, 1.807) is 15.4 Å². The van der Waals surface area contributed by atoms with Crippen molar-refractivity contribution in [2.45, 2.75) is 30.8 Å². The predicted molar refractivity (Wildman–Crippen MR) is 182 cm³/mol. The van der Waals surface area contributed by atoms with E-state index in [1.165, 1.54) is 68.4 Å². The number of carbonyl (C=O) groups excluding carboxylic acids is 2. The fourth-order valence-corrected chi connectivity index (χ4v) is 6.00. The molecule has 1 aromatic carbocycles. The summed E-state index contributed by atoms with van der Waals surface area (Å²) in [5.74, 6) is 2.85. The molecule has 1 aliphatic rings. The average Bonchev–Trinajstić information content (AvgIpc) is 3.43. The molecule has 0 saturated heterocycles. The Kier molecular flexibility index (Phi) is 12.2. The maximum Gasteiger partial charge on any atom is 0.350 e. The number of hydrogen-bond donors (Lipinski definition) is 2. The Balaban J connectivity index is 0.000000231. The first-order chi connectivity index (χ1) is 23.8. The highest BCUT2D eigenvalue weighted by Crippen LogP contribution is 2.32. The number of nitrogens with one attached hydrogen (secondary N) is 2. The van der Waals surface area contributed by atoms with Gasteiger partial charge in [0.05, 0.1) is 41.6 Å². The molecule has 1 aliphatic heterocycles. The first-order valence-electron chi connectivity index (χ1n) is 14.5. The average molecular weight is 749 g/mol. The summed E-state index contributed by atoms with van der Waals surface area (Å²) >= 11 is 12.3. The van der Waals surface area contributed by atoms with Crippen molar-refractivity contribution in [2.75, 3.05) is 40.2 Å². The highest BCUT2D eigenvalue weighted by atomic mass is 35.5. The van der Waals surface area contributed by atoms with Gasteiger partial charge in [0.2, 0.25) is 17.7 Å². The van der Waals surface area contributed by atoms with Crippen molar-refractivity contribution in [3.05, 3.63) is 68.4 Å². The summed E-state index contributed by atoms with van der Waals surface area (Å²) in [6, 6.07) is 6.01. The summed E-state index contributed by atoms with van der Waals surface area (Å²) in [6.45, 7) is 0.759. The van der Waals surface area contributed by atoms with Crippen molar-refractivity contribution in [1.82, 2.24) is 38.9 Å². The third-order valence-corrected chi connectivity index (χ3v) is 8.61. The molecule has 5 rings (SSSR count). The molecule has 0 unspecified atom stereocenters. The van der Waals surface area contributed by atoms with E-state index in [1.807, 2.05) is 0 Å². The SMILES string of the molecule is C#CCOc1cc(-n2nc3n(c2=O)CCCC3)c(Cl)cc1Cl.COc1cc(OC)nc(NC(=O)NS(=O)(=O)c2ncccc2C(=O)N(C)C)n1. The molecule has 0 atom stereocenters. The number of rotatable bonds is 9. The van der Waals surface area contributed by atoms with E-state index in [2.05, 4.69) is 31.3 Å². The molecule has 50 heavy (non-hydrogen) atoms. The van der Waals surface area contributed by atoms with E-state index < -0.39 is 27.0 Å². The van der Waals surface area contributed by atoms with Crippen LogP contribution in [0.1, 0.15) is 29.0 Å². The summed E-state index contributed by atoms with van der Waals surface area (Å²) in [7, 11) is 1.15. The number of carbonyl (C=O) groups is 2. The molecule has 0 spiro atoms. The van der Waals surface area contributed by atoms with Crippen LogP contribution in [-0.4, -0.2) is 89.5 Å². The van der Waals surface area contributed by atoms with Crippen LogP contribution in [0.3, 0.4) is 0 Å². The summed E-state index contributed by atoms with van der Waals surface area (Å²) in [5.41, 5.74) is 0.0407. The molecule has 0 saturated carbocycles. The van der Waals surface area contributed by atoms with E-state index in [-0.39, 0.29) is 35.6 Å². The van der Waals surface area contributed by atoms with Crippen molar-refractivity contribution in [2.24, 2.45) is 0 Å². The zero-order valence-electron chi connectivity index (χ0n) is 27.1. The smallest absolute Gasteiger partial charge is 0.350 e. The molecular formula is C30H31Cl2N9O8S. The van der Waals surface area contributed by atoms with Crippen molar-refractivity contribution in [3.8, 4) is 35.5 Å². The largest absolute Gasteiger partial charge is 0.481 e. The van der Waals surface area contributed by atoms with Gasteiger partial charge in [-0.1, -0.05) is 29.1 Å². The highest BCUT2D eigenvalue weighted by molar-refractivity contribution is 7.90. The fourth-order valence-electron chi connectivity index (χ4n) is 4.44. The van der Waals surface area contributed by atoms with Gasteiger partial charge in [-0.25, -0.2) is 19.3 Å².